The summed E-state index contributed by atoms with van der Waals surface area (Å²) in [6.45, 7) is 3.30. The van der Waals surface area contributed by atoms with Crippen LogP contribution in [0.1, 0.15) is 24.5 Å². The largest absolute Gasteiger partial charge is 0.495 e. The zero-order chi connectivity index (χ0) is 19.1. The molecule has 0 bridgehead atoms. The molecule has 0 saturated carbocycles. The number of benzene rings is 2. The molecule has 5 nitrogen and oxygen atoms in total. The summed E-state index contributed by atoms with van der Waals surface area (Å²) in [7, 11) is 1.51. The Morgan fingerprint density at radius 2 is 1.85 bits per heavy atom. The standard InChI is InChI=1S/C20H22ClNO4/c1-13-10-18(19(25-3)11-17(13)21)22-20(24)12-26-16-8-6-15(7-9-16)5-4-14(2)23/h6-11H,4-5,12H2,1-3H3,(H,22,24). The number of aryl methyl sites for hydroxylation is 2. The van der Waals surface area contributed by atoms with Crippen molar-refractivity contribution in [2.45, 2.75) is 26.7 Å². The number of carbonyl (C=O) groups is 2. The minimum absolute atomic E-state index is 0.127. The molecular formula is C20H22ClNO4. The zero-order valence-electron chi connectivity index (χ0n) is 15.1. The lowest BCUT2D eigenvalue weighted by Gasteiger charge is -2.13. The van der Waals surface area contributed by atoms with Crippen molar-refractivity contribution in [2.24, 2.45) is 0 Å². The predicted molar refractivity (Wildman–Crippen MR) is 102 cm³/mol. The van der Waals surface area contributed by atoms with Gasteiger partial charge in [0.15, 0.2) is 6.61 Å². The molecule has 0 unspecified atom stereocenters. The number of Topliss-reactive ketones (excluding diaryl/α,β-unsaturated/α-hetero) is 1. The lowest BCUT2D eigenvalue weighted by Crippen LogP contribution is -2.20. The maximum absolute atomic E-state index is 12.1. The zero-order valence-corrected chi connectivity index (χ0v) is 15.9. The van der Waals surface area contributed by atoms with Gasteiger partial charge in [-0.3, -0.25) is 4.79 Å². The van der Waals surface area contributed by atoms with E-state index in [0.717, 1.165) is 11.1 Å². The Morgan fingerprint density at radius 3 is 2.46 bits per heavy atom. The topological polar surface area (TPSA) is 64.6 Å². The molecule has 0 radical (unpaired) electrons. The number of ketones is 1. The molecule has 1 amide bonds. The smallest absolute Gasteiger partial charge is 0.262 e. The number of carbonyl (C=O) groups excluding carboxylic acids is 2. The summed E-state index contributed by atoms with van der Waals surface area (Å²) in [5.74, 6) is 0.940. The first-order valence-corrected chi connectivity index (χ1v) is 8.62. The van der Waals surface area contributed by atoms with Gasteiger partial charge in [0.1, 0.15) is 17.3 Å². The highest BCUT2D eigenvalue weighted by Gasteiger charge is 2.11. The van der Waals surface area contributed by atoms with E-state index < -0.39 is 0 Å². The molecule has 138 valence electrons. The van der Waals surface area contributed by atoms with E-state index in [-0.39, 0.29) is 18.3 Å². The average molecular weight is 376 g/mol. The third kappa shape index (κ3) is 5.77. The number of halogens is 1. The molecule has 26 heavy (non-hydrogen) atoms. The molecule has 1 N–H and O–H groups in total. The Morgan fingerprint density at radius 1 is 1.15 bits per heavy atom. The Balaban J connectivity index is 1.91. The van der Waals surface area contributed by atoms with E-state index in [2.05, 4.69) is 5.32 Å². The van der Waals surface area contributed by atoms with E-state index in [1.807, 2.05) is 19.1 Å². The van der Waals surface area contributed by atoms with Gasteiger partial charge in [0.25, 0.3) is 5.91 Å². The molecule has 0 aliphatic heterocycles. The van der Waals surface area contributed by atoms with Crippen LogP contribution in [0.3, 0.4) is 0 Å². The lowest BCUT2D eigenvalue weighted by atomic mass is 10.1. The second-order valence-corrected chi connectivity index (χ2v) is 6.39. The van der Waals surface area contributed by atoms with Crippen LogP contribution >= 0.6 is 11.6 Å². The van der Waals surface area contributed by atoms with Crippen LogP contribution in [0, 0.1) is 6.92 Å². The number of rotatable bonds is 8. The molecule has 0 spiro atoms. The minimum atomic E-state index is -0.300. The molecule has 0 aromatic heterocycles. The third-order valence-corrected chi connectivity index (χ3v) is 4.22. The van der Waals surface area contributed by atoms with Crippen LogP contribution in [0.5, 0.6) is 11.5 Å². The molecule has 2 aromatic carbocycles. The Labute approximate surface area is 158 Å². The van der Waals surface area contributed by atoms with Gasteiger partial charge in [0, 0.05) is 17.5 Å². The van der Waals surface area contributed by atoms with Gasteiger partial charge in [-0.15, -0.1) is 0 Å². The summed E-state index contributed by atoms with van der Waals surface area (Å²) < 4.78 is 10.7. The van der Waals surface area contributed by atoms with Crippen LogP contribution in [0.25, 0.3) is 0 Å². The van der Waals surface area contributed by atoms with Gasteiger partial charge in [-0.1, -0.05) is 23.7 Å². The number of nitrogens with one attached hydrogen (secondary N) is 1. The second-order valence-electron chi connectivity index (χ2n) is 5.98. The summed E-state index contributed by atoms with van der Waals surface area (Å²) in [5.41, 5.74) is 2.44. The summed E-state index contributed by atoms with van der Waals surface area (Å²) in [6, 6.07) is 10.8. The first-order chi connectivity index (χ1) is 12.4. The van der Waals surface area contributed by atoms with Gasteiger partial charge < -0.3 is 19.6 Å². The number of anilines is 1. The molecule has 0 heterocycles. The van der Waals surface area contributed by atoms with Crippen LogP contribution in [0.4, 0.5) is 5.69 Å². The minimum Gasteiger partial charge on any atom is -0.495 e. The maximum Gasteiger partial charge on any atom is 0.262 e. The van der Waals surface area contributed by atoms with Crippen molar-refractivity contribution in [3.05, 3.63) is 52.5 Å². The van der Waals surface area contributed by atoms with Crippen molar-refractivity contribution >= 4 is 29.0 Å². The first kappa shape index (κ1) is 19.8. The number of methoxy groups -OCH3 is 1. The average Bonchev–Trinajstić information content (AvgIpc) is 2.62. The van der Waals surface area contributed by atoms with Crippen molar-refractivity contribution in [3.63, 3.8) is 0 Å². The maximum atomic E-state index is 12.1. The summed E-state index contributed by atoms with van der Waals surface area (Å²) in [6.07, 6.45) is 1.22. The molecule has 0 saturated heterocycles. The highest BCUT2D eigenvalue weighted by atomic mass is 35.5. The molecule has 0 atom stereocenters. The fourth-order valence-corrected chi connectivity index (χ4v) is 2.49. The van der Waals surface area contributed by atoms with E-state index in [1.54, 1.807) is 31.2 Å². The third-order valence-electron chi connectivity index (χ3n) is 3.81. The highest BCUT2D eigenvalue weighted by molar-refractivity contribution is 6.31. The van der Waals surface area contributed by atoms with Crippen molar-refractivity contribution in [1.29, 1.82) is 0 Å². The summed E-state index contributed by atoms with van der Waals surface area (Å²) in [5, 5.41) is 3.33. The Kier molecular flexibility index (Phi) is 7.04. The monoisotopic (exact) mass is 375 g/mol. The van der Waals surface area contributed by atoms with Crippen molar-refractivity contribution in [2.75, 3.05) is 19.0 Å². The number of amides is 1. The molecular weight excluding hydrogens is 354 g/mol. The van der Waals surface area contributed by atoms with Crippen molar-refractivity contribution in [3.8, 4) is 11.5 Å². The van der Waals surface area contributed by atoms with E-state index in [1.165, 1.54) is 7.11 Å². The van der Waals surface area contributed by atoms with Crippen molar-refractivity contribution < 1.29 is 19.1 Å². The number of hydrogen-bond donors (Lipinski definition) is 1. The predicted octanol–water partition coefficient (Wildman–Crippen LogP) is 4.20. The van der Waals surface area contributed by atoms with Crippen LogP contribution in [-0.2, 0) is 16.0 Å². The fraction of sp³-hybridized carbons (Fsp3) is 0.300. The summed E-state index contributed by atoms with van der Waals surface area (Å²) in [4.78, 5) is 23.1. The second kappa shape index (κ2) is 9.25. The summed E-state index contributed by atoms with van der Waals surface area (Å²) >= 11 is 6.06. The van der Waals surface area contributed by atoms with Crippen LogP contribution in [0.2, 0.25) is 5.02 Å². The normalized spacial score (nSPS) is 10.3. The van der Waals surface area contributed by atoms with Gasteiger partial charge in [-0.2, -0.15) is 0 Å². The van der Waals surface area contributed by atoms with Gasteiger partial charge in [-0.05, 0) is 49.6 Å². The SMILES string of the molecule is COc1cc(Cl)c(C)cc1NC(=O)COc1ccc(CCC(C)=O)cc1. The van der Waals surface area contributed by atoms with Crippen molar-refractivity contribution in [1.82, 2.24) is 0 Å². The molecule has 0 aliphatic carbocycles. The van der Waals surface area contributed by atoms with Crippen LogP contribution < -0.4 is 14.8 Å². The quantitative estimate of drug-likeness (QED) is 0.751. The van der Waals surface area contributed by atoms with E-state index >= 15 is 0 Å². The molecule has 2 rings (SSSR count). The van der Waals surface area contributed by atoms with Gasteiger partial charge >= 0.3 is 0 Å². The highest BCUT2D eigenvalue weighted by Crippen LogP contribution is 2.30. The molecule has 6 heteroatoms. The van der Waals surface area contributed by atoms with Crippen LogP contribution in [0.15, 0.2) is 36.4 Å². The van der Waals surface area contributed by atoms with Gasteiger partial charge in [0.05, 0.1) is 12.8 Å². The first-order valence-electron chi connectivity index (χ1n) is 8.24. The van der Waals surface area contributed by atoms with Gasteiger partial charge in [-0.25, -0.2) is 0 Å². The lowest BCUT2D eigenvalue weighted by molar-refractivity contribution is -0.118. The van der Waals surface area contributed by atoms with E-state index in [9.17, 15) is 9.59 Å². The molecule has 0 aliphatic rings. The Hall–Kier alpha value is -2.53. The molecule has 2 aromatic rings. The number of ether oxygens (including phenoxy) is 2. The Bertz CT molecular complexity index is 787. The van der Waals surface area contributed by atoms with E-state index in [4.69, 9.17) is 21.1 Å². The fourth-order valence-electron chi connectivity index (χ4n) is 2.34. The van der Waals surface area contributed by atoms with E-state index in [0.29, 0.717) is 35.1 Å². The number of hydrogen-bond acceptors (Lipinski definition) is 4. The van der Waals surface area contributed by atoms with Gasteiger partial charge in [0.2, 0.25) is 0 Å². The molecule has 0 fully saturated rings. The van der Waals surface area contributed by atoms with Crippen LogP contribution in [-0.4, -0.2) is 25.4 Å².